The van der Waals surface area contributed by atoms with Crippen LogP contribution in [-0.4, -0.2) is 55.6 Å². The predicted molar refractivity (Wildman–Crippen MR) is 152 cm³/mol. The number of halogens is 1. The van der Waals surface area contributed by atoms with Crippen molar-refractivity contribution in [2.24, 2.45) is 5.92 Å². The van der Waals surface area contributed by atoms with E-state index in [1.165, 1.54) is 0 Å². The Morgan fingerprint density at radius 1 is 1.08 bits per heavy atom. The van der Waals surface area contributed by atoms with E-state index in [1.54, 1.807) is 29.2 Å². The topological polar surface area (TPSA) is 77.5 Å². The second-order valence-electron chi connectivity index (χ2n) is 10.0. The Morgan fingerprint density at radius 3 is 2.66 bits per heavy atom. The molecule has 1 unspecified atom stereocenters. The average Bonchev–Trinajstić information content (AvgIpc) is 3.30. The maximum absolute atomic E-state index is 13.0. The van der Waals surface area contributed by atoms with Gasteiger partial charge in [-0.05, 0) is 75.6 Å². The number of benzene rings is 2. The van der Waals surface area contributed by atoms with Crippen LogP contribution in [0.4, 0.5) is 0 Å². The van der Waals surface area contributed by atoms with Crippen molar-refractivity contribution in [3.63, 3.8) is 0 Å². The molecule has 0 spiro atoms. The molecule has 0 saturated carbocycles. The van der Waals surface area contributed by atoms with Crippen LogP contribution in [-0.2, 0) is 0 Å². The van der Waals surface area contributed by atoms with Crippen LogP contribution in [0.25, 0.3) is 28.2 Å². The summed E-state index contributed by atoms with van der Waals surface area (Å²) in [6.45, 7) is 4.95. The maximum atomic E-state index is 13.0. The molecule has 1 fully saturated rings. The minimum Gasteiger partial charge on any atom is -0.490 e. The summed E-state index contributed by atoms with van der Waals surface area (Å²) in [6.07, 6.45) is 7.58. The summed E-state index contributed by atoms with van der Waals surface area (Å²) >= 11 is 3.53. The minimum absolute atomic E-state index is 0.105. The Labute approximate surface area is 229 Å². The zero-order valence-electron chi connectivity index (χ0n) is 21.4. The number of piperidine rings is 1. The third-order valence-electron chi connectivity index (χ3n) is 7.42. The Bertz CT molecular complexity index is 1650. The molecule has 1 atom stereocenters. The molecule has 8 nitrogen and oxygen atoms in total. The fourth-order valence-electron chi connectivity index (χ4n) is 5.12. The average molecular weight is 573 g/mol. The molecule has 6 rings (SSSR count). The molecule has 0 amide bonds. The predicted octanol–water partition coefficient (Wildman–Crippen LogP) is 5.20. The van der Waals surface area contributed by atoms with Gasteiger partial charge in [0, 0.05) is 22.3 Å². The molecule has 0 radical (unpaired) electrons. The lowest BCUT2D eigenvalue weighted by atomic mass is 9.98. The molecule has 0 N–H and O–H groups in total. The van der Waals surface area contributed by atoms with Gasteiger partial charge in [0.05, 0.1) is 36.1 Å². The first-order chi connectivity index (χ1) is 18.5. The molecule has 0 bridgehead atoms. The lowest BCUT2D eigenvalue weighted by molar-refractivity contribution is 0.159. The number of imidazole rings is 1. The van der Waals surface area contributed by atoms with E-state index in [0.29, 0.717) is 29.9 Å². The number of fused-ring (bicyclic) bond motifs is 3. The minimum atomic E-state index is -0.247. The Balaban J connectivity index is 1.25. The van der Waals surface area contributed by atoms with Gasteiger partial charge in [0.1, 0.15) is 0 Å². The van der Waals surface area contributed by atoms with Crippen molar-refractivity contribution < 1.29 is 4.74 Å². The normalized spacial score (nSPS) is 15.8. The third-order valence-corrected chi connectivity index (χ3v) is 7.91. The van der Waals surface area contributed by atoms with Gasteiger partial charge in [-0.15, -0.1) is 0 Å². The van der Waals surface area contributed by atoms with E-state index in [1.807, 2.05) is 53.8 Å². The number of aromatic nitrogens is 5. The van der Waals surface area contributed by atoms with Gasteiger partial charge in [-0.3, -0.25) is 13.8 Å². The van der Waals surface area contributed by atoms with Crippen LogP contribution in [0, 0.1) is 5.92 Å². The van der Waals surface area contributed by atoms with Crippen molar-refractivity contribution in [1.29, 1.82) is 0 Å². The zero-order chi connectivity index (χ0) is 26.2. The summed E-state index contributed by atoms with van der Waals surface area (Å²) < 4.78 is 10.6. The van der Waals surface area contributed by atoms with Gasteiger partial charge in [0.15, 0.2) is 11.6 Å². The number of likely N-dealkylation sites (tertiary alicyclic amines) is 1. The standard InChI is InChI=1S/C29H29BrN6O2/c1-19(36-27(37)10-13-35-26-15-23(30)6-7-25(26)33-29(35)36)21-4-3-5-22(14-21)28-31-16-24(17-32-28)38-18-20-8-11-34(2)12-9-20/h3-7,10,13-17,19-20H,8-9,11-12,18H2,1-2H3. The Hall–Kier alpha value is -3.56. The van der Waals surface area contributed by atoms with Crippen molar-refractivity contribution in [3.05, 3.63) is 87.5 Å². The first-order valence-electron chi connectivity index (χ1n) is 12.9. The van der Waals surface area contributed by atoms with Crippen LogP contribution in [0.2, 0.25) is 0 Å². The summed E-state index contributed by atoms with van der Waals surface area (Å²) in [5.74, 6) is 2.48. The van der Waals surface area contributed by atoms with E-state index in [0.717, 1.165) is 52.6 Å². The first-order valence-corrected chi connectivity index (χ1v) is 13.7. The highest BCUT2D eigenvalue weighted by molar-refractivity contribution is 9.10. The van der Waals surface area contributed by atoms with E-state index in [9.17, 15) is 4.79 Å². The SMILES string of the molecule is CC(c1cccc(-c2ncc(OCC3CCN(C)CC3)cn2)c1)n1c(=O)ccn2c3cc(Br)ccc3nc12. The molecular formula is C29H29BrN6O2. The molecular weight excluding hydrogens is 544 g/mol. The highest BCUT2D eigenvalue weighted by Gasteiger charge is 2.19. The second kappa shape index (κ2) is 10.3. The molecule has 1 aliphatic heterocycles. The van der Waals surface area contributed by atoms with E-state index in [2.05, 4.69) is 37.8 Å². The highest BCUT2D eigenvalue weighted by atomic mass is 79.9. The van der Waals surface area contributed by atoms with Crippen LogP contribution < -0.4 is 10.3 Å². The number of hydrogen-bond donors (Lipinski definition) is 0. The van der Waals surface area contributed by atoms with Crippen molar-refractivity contribution in [1.82, 2.24) is 28.8 Å². The first kappa shape index (κ1) is 24.8. The van der Waals surface area contributed by atoms with Gasteiger partial charge in [-0.25, -0.2) is 15.0 Å². The molecule has 3 aromatic heterocycles. The van der Waals surface area contributed by atoms with Crippen molar-refractivity contribution >= 4 is 32.7 Å². The lowest BCUT2D eigenvalue weighted by Crippen LogP contribution is -2.32. The fourth-order valence-corrected chi connectivity index (χ4v) is 5.47. The van der Waals surface area contributed by atoms with E-state index in [4.69, 9.17) is 9.72 Å². The van der Waals surface area contributed by atoms with E-state index < -0.39 is 0 Å². The van der Waals surface area contributed by atoms with Crippen molar-refractivity contribution in [2.45, 2.75) is 25.8 Å². The number of hydrogen-bond acceptors (Lipinski definition) is 6. The molecule has 38 heavy (non-hydrogen) atoms. The molecule has 1 aliphatic rings. The largest absolute Gasteiger partial charge is 0.490 e. The molecule has 4 heterocycles. The van der Waals surface area contributed by atoms with E-state index in [-0.39, 0.29) is 11.6 Å². The fraction of sp³-hybridized carbons (Fsp3) is 0.310. The molecule has 2 aromatic carbocycles. The molecule has 194 valence electrons. The van der Waals surface area contributed by atoms with Crippen LogP contribution in [0.5, 0.6) is 5.75 Å². The highest BCUT2D eigenvalue weighted by Crippen LogP contribution is 2.26. The quantitative estimate of drug-likeness (QED) is 0.278. The molecule has 0 aliphatic carbocycles. The van der Waals surface area contributed by atoms with Gasteiger partial charge in [-0.1, -0.05) is 34.1 Å². The van der Waals surface area contributed by atoms with Crippen LogP contribution in [0.15, 0.2) is 76.4 Å². The summed E-state index contributed by atoms with van der Waals surface area (Å²) in [6, 6.07) is 15.3. The van der Waals surface area contributed by atoms with Gasteiger partial charge >= 0.3 is 0 Å². The summed E-state index contributed by atoms with van der Waals surface area (Å²) in [7, 11) is 2.16. The van der Waals surface area contributed by atoms with Gasteiger partial charge in [0.2, 0.25) is 5.78 Å². The molecule has 9 heteroatoms. The smallest absolute Gasteiger partial charge is 0.255 e. The van der Waals surface area contributed by atoms with Crippen molar-refractivity contribution in [3.8, 4) is 17.1 Å². The van der Waals surface area contributed by atoms with Gasteiger partial charge < -0.3 is 9.64 Å². The summed E-state index contributed by atoms with van der Waals surface area (Å²) in [4.78, 5) is 29.3. The summed E-state index contributed by atoms with van der Waals surface area (Å²) in [5, 5.41) is 0. The molecule has 1 saturated heterocycles. The van der Waals surface area contributed by atoms with Gasteiger partial charge in [0.25, 0.3) is 5.56 Å². The maximum Gasteiger partial charge on any atom is 0.255 e. The van der Waals surface area contributed by atoms with Crippen LogP contribution in [0.1, 0.15) is 31.4 Å². The number of ether oxygens (including phenoxy) is 1. The second-order valence-corrected chi connectivity index (χ2v) is 11.0. The van der Waals surface area contributed by atoms with Crippen LogP contribution >= 0.6 is 15.9 Å². The van der Waals surface area contributed by atoms with Crippen molar-refractivity contribution in [2.75, 3.05) is 26.7 Å². The lowest BCUT2D eigenvalue weighted by Gasteiger charge is -2.28. The number of rotatable bonds is 6. The monoisotopic (exact) mass is 572 g/mol. The summed E-state index contributed by atoms with van der Waals surface area (Å²) in [5.41, 5.74) is 3.52. The van der Waals surface area contributed by atoms with Gasteiger partial charge in [-0.2, -0.15) is 0 Å². The molecule has 5 aromatic rings. The third kappa shape index (κ3) is 4.83. The Morgan fingerprint density at radius 2 is 1.87 bits per heavy atom. The van der Waals surface area contributed by atoms with E-state index >= 15 is 0 Å². The zero-order valence-corrected chi connectivity index (χ0v) is 23.0. The number of nitrogens with zero attached hydrogens (tertiary/aromatic N) is 6. The Kier molecular flexibility index (Phi) is 6.71. The van der Waals surface area contributed by atoms with Crippen LogP contribution in [0.3, 0.4) is 0 Å².